The smallest absolute Gasteiger partial charge is 0.408 e. The molecule has 36 heavy (non-hydrogen) atoms. The van der Waals surface area contributed by atoms with Crippen molar-refractivity contribution < 1.29 is 33.5 Å². The van der Waals surface area contributed by atoms with Gasteiger partial charge in [-0.15, -0.1) is 0 Å². The molecular weight excluding hydrogens is 468 g/mol. The highest BCUT2D eigenvalue weighted by molar-refractivity contribution is 5.83. The Morgan fingerprint density at radius 1 is 0.972 bits per heavy atom. The van der Waals surface area contributed by atoms with Crippen molar-refractivity contribution in [2.24, 2.45) is 0 Å². The van der Waals surface area contributed by atoms with Crippen LogP contribution in [-0.4, -0.2) is 34.6 Å². The predicted molar refractivity (Wildman–Crippen MR) is 131 cm³/mol. The van der Waals surface area contributed by atoms with Crippen LogP contribution in [0.2, 0.25) is 0 Å². The molecule has 2 aromatic carbocycles. The molecule has 2 aromatic rings. The molecule has 1 N–H and O–H groups in total. The number of benzene rings is 2. The van der Waals surface area contributed by atoms with E-state index < -0.39 is 28.6 Å². The van der Waals surface area contributed by atoms with Gasteiger partial charge in [0, 0.05) is 18.6 Å². The first-order valence-corrected chi connectivity index (χ1v) is 11.7. The molecule has 0 aliphatic carbocycles. The highest BCUT2D eigenvalue weighted by Gasteiger charge is 2.26. The van der Waals surface area contributed by atoms with Gasteiger partial charge in [-0.05, 0) is 51.3 Å². The summed E-state index contributed by atoms with van der Waals surface area (Å²) in [7, 11) is 0. The number of rotatable bonds is 12. The van der Waals surface area contributed by atoms with Crippen molar-refractivity contribution in [2.45, 2.75) is 71.1 Å². The molecule has 194 valence electrons. The van der Waals surface area contributed by atoms with Gasteiger partial charge in [-0.1, -0.05) is 43.2 Å². The highest BCUT2D eigenvalue weighted by Crippen LogP contribution is 2.19. The molecule has 0 bridgehead atoms. The maximum Gasteiger partial charge on any atom is 0.408 e. The van der Waals surface area contributed by atoms with Gasteiger partial charge in [0.05, 0.1) is 4.92 Å². The van der Waals surface area contributed by atoms with E-state index in [2.05, 4.69) is 5.32 Å². The Bertz CT molecular complexity index is 1020. The van der Waals surface area contributed by atoms with Gasteiger partial charge in [-0.3, -0.25) is 14.9 Å². The number of amides is 1. The molecule has 0 radical (unpaired) electrons. The summed E-state index contributed by atoms with van der Waals surface area (Å²) in [6.45, 7) is 5.32. The number of nitrogens with one attached hydrogen (secondary N) is 1. The number of non-ortho nitro benzene ring substituents is 1. The van der Waals surface area contributed by atoms with E-state index in [1.54, 1.807) is 20.8 Å². The van der Waals surface area contributed by atoms with Crippen molar-refractivity contribution in [3.05, 3.63) is 70.3 Å². The van der Waals surface area contributed by atoms with Crippen LogP contribution in [0.15, 0.2) is 54.6 Å². The van der Waals surface area contributed by atoms with Gasteiger partial charge in [0.15, 0.2) is 0 Å². The number of hydrogen-bond acceptors (Lipinski definition) is 8. The van der Waals surface area contributed by atoms with Crippen LogP contribution in [0.25, 0.3) is 0 Å². The highest BCUT2D eigenvalue weighted by atomic mass is 16.6. The largest absolute Gasteiger partial charge is 0.461 e. The summed E-state index contributed by atoms with van der Waals surface area (Å²) in [5.74, 6) is -0.917. The number of alkyl carbamates (subject to hydrolysis) is 1. The number of hydrogen-bond donors (Lipinski definition) is 1. The number of carbonyl (C=O) groups excluding carboxylic acids is 3. The number of unbranched alkanes of at least 4 members (excludes halogenated alkanes) is 2. The van der Waals surface area contributed by atoms with Crippen LogP contribution >= 0.6 is 0 Å². The number of nitro benzene ring substituents is 1. The first-order chi connectivity index (χ1) is 17.0. The molecular formula is C26H32N2O8. The molecule has 0 aliphatic rings. The van der Waals surface area contributed by atoms with Gasteiger partial charge in [0.25, 0.3) is 5.69 Å². The molecule has 1 atom stereocenters. The van der Waals surface area contributed by atoms with Gasteiger partial charge >= 0.3 is 18.0 Å². The van der Waals surface area contributed by atoms with Gasteiger partial charge in [0.1, 0.15) is 24.0 Å². The molecule has 1 unspecified atom stereocenters. The Hall–Kier alpha value is -3.95. The fourth-order valence-corrected chi connectivity index (χ4v) is 3.13. The Morgan fingerprint density at radius 3 is 2.25 bits per heavy atom. The van der Waals surface area contributed by atoms with Crippen LogP contribution in [0.5, 0.6) is 5.75 Å². The van der Waals surface area contributed by atoms with Crippen LogP contribution in [-0.2, 0) is 25.7 Å². The predicted octanol–water partition coefficient (Wildman–Crippen LogP) is 5.09. The number of esters is 2. The molecule has 0 saturated heterocycles. The van der Waals surface area contributed by atoms with Crippen molar-refractivity contribution in [3.63, 3.8) is 0 Å². The summed E-state index contributed by atoms with van der Waals surface area (Å²) in [5.41, 5.74) is 0.0192. The standard InChI is InChI=1S/C26H32N2O8/c1-26(2,3)36-25(31)27-22(24(30)35-21-16-14-20(15-17-21)28(32)33)12-8-5-9-13-23(29)34-18-19-10-6-4-7-11-19/h4,6-7,10-11,14-17,22H,5,8-9,12-13,18H2,1-3H3,(H,27,31). The van der Waals surface area contributed by atoms with E-state index in [0.717, 1.165) is 5.56 Å². The summed E-state index contributed by atoms with van der Waals surface area (Å²) < 4.78 is 15.8. The van der Waals surface area contributed by atoms with Crippen molar-refractivity contribution in [1.82, 2.24) is 5.32 Å². The fraction of sp³-hybridized carbons (Fsp3) is 0.423. The minimum atomic E-state index is -1.000. The van der Waals surface area contributed by atoms with E-state index in [9.17, 15) is 24.5 Å². The molecule has 2 rings (SSSR count). The zero-order valence-electron chi connectivity index (χ0n) is 20.7. The second-order valence-electron chi connectivity index (χ2n) is 9.12. The summed E-state index contributed by atoms with van der Waals surface area (Å²) in [4.78, 5) is 47.2. The van der Waals surface area contributed by atoms with E-state index in [1.165, 1.54) is 24.3 Å². The lowest BCUT2D eigenvalue weighted by atomic mass is 10.1. The third-order valence-electron chi connectivity index (χ3n) is 4.86. The minimum absolute atomic E-state index is 0.114. The third kappa shape index (κ3) is 11.0. The number of nitro groups is 1. The van der Waals surface area contributed by atoms with Crippen molar-refractivity contribution >= 4 is 23.7 Å². The third-order valence-corrected chi connectivity index (χ3v) is 4.86. The normalized spacial score (nSPS) is 11.8. The van der Waals surface area contributed by atoms with Crippen molar-refractivity contribution in [2.75, 3.05) is 0 Å². The Balaban J connectivity index is 1.84. The van der Waals surface area contributed by atoms with E-state index in [0.29, 0.717) is 19.3 Å². The Labute approximate surface area is 210 Å². The molecule has 0 saturated carbocycles. The summed E-state index contributed by atoms with van der Waals surface area (Å²) in [6.07, 6.45) is 1.44. The molecule has 0 aliphatic heterocycles. The first-order valence-electron chi connectivity index (χ1n) is 11.7. The van der Waals surface area contributed by atoms with E-state index >= 15 is 0 Å². The van der Waals surface area contributed by atoms with Crippen LogP contribution in [0.4, 0.5) is 10.5 Å². The van der Waals surface area contributed by atoms with Crippen LogP contribution in [0, 0.1) is 10.1 Å². The summed E-state index contributed by atoms with van der Waals surface area (Å²) in [5, 5.41) is 13.3. The molecule has 0 spiro atoms. The minimum Gasteiger partial charge on any atom is -0.461 e. The number of ether oxygens (including phenoxy) is 3. The SMILES string of the molecule is CC(C)(C)OC(=O)NC(CCCCCC(=O)OCc1ccccc1)C(=O)Oc1ccc([N+](=O)[O-])cc1. The molecule has 1 amide bonds. The van der Waals surface area contributed by atoms with Crippen molar-refractivity contribution in [3.8, 4) is 5.75 Å². The van der Waals surface area contributed by atoms with Gasteiger partial charge < -0.3 is 19.5 Å². The maximum absolute atomic E-state index is 12.7. The topological polar surface area (TPSA) is 134 Å². The molecule has 10 heteroatoms. The monoisotopic (exact) mass is 500 g/mol. The lowest BCUT2D eigenvalue weighted by Crippen LogP contribution is -2.45. The quantitative estimate of drug-likeness (QED) is 0.140. The lowest BCUT2D eigenvalue weighted by molar-refractivity contribution is -0.384. The van der Waals surface area contributed by atoms with Crippen molar-refractivity contribution in [1.29, 1.82) is 0 Å². The average Bonchev–Trinajstić information content (AvgIpc) is 2.81. The maximum atomic E-state index is 12.7. The zero-order valence-corrected chi connectivity index (χ0v) is 20.7. The van der Waals surface area contributed by atoms with Crippen LogP contribution in [0.3, 0.4) is 0 Å². The van der Waals surface area contributed by atoms with E-state index in [1.807, 2.05) is 30.3 Å². The fourth-order valence-electron chi connectivity index (χ4n) is 3.13. The Kier molecular flexibility index (Phi) is 10.9. The average molecular weight is 501 g/mol. The number of carbonyl (C=O) groups is 3. The Morgan fingerprint density at radius 2 is 1.64 bits per heavy atom. The second kappa shape index (κ2) is 13.8. The molecule has 0 fully saturated rings. The second-order valence-corrected chi connectivity index (χ2v) is 9.12. The summed E-state index contributed by atoms with van der Waals surface area (Å²) in [6, 6.07) is 13.4. The molecule has 10 nitrogen and oxygen atoms in total. The zero-order chi connectivity index (χ0) is 26.6. The first kappa shape index (κ1) is 28.3. The molecule has 0 aromatic heterocycles. The summed E-state index contributed by atoms with van der Waals surface area (Å²) >= 11 is 0. The van der Waals surface area contributed by atoms with Gasteiger partial charge in [-0.2, -0.15) is 0 Å². The lowest BCUT2D eigenvalue weighted by Gasteiger charge is -2.23. The van der Waals surface area contributed by atoms with E-state index in [4.69, 9.17) is 14.2 Å². The van der Waals surface area contributed by atoms with Gasteiger partial charge in [-0.25, -0.2) is 9.59 Å². The van der Waals surface area contributed by atoms with Gasteiger partial charge in [0.2, 0.25) is 0 Å². The van der Waals surface area contributed by atoms with Crippen LogP contribution in [0.1, 0.15) is 58.4 Å². The van der Waals surface area contributed by atoms with Crippen LogP contribution < -0.4 is 10.1 Å². The van der Waals surface area contributed by atoms with E-state index in [-0.39, 0.29) is 36.9 Å². The molecule has 0 heterocycles. The number of nitrogens with zero attached hydrogens (tertiary/aromatic N) is 1.